The SMILES string of the molecule is CC(C)(C)OC(=O)NCCNC(=O)C1CCCN(C(=O)CCN2CCCC2=O)C1. The van der Waals surface area contributed by atoms with Crippen LogP contribution in [0.3, 0.4) is 0 Å². The van der Waals surface area contributed by atoms with Crippen LogP contribution in [0.15, 0.2) is 0 Å². The first-order valence-corrected chi connectivity index (χ1v) is 10.5. The van der Waals surface area contributed by atoms with E-state index in [1.807, 2.05) is 0 Å². The first kappa shape index (κ1) is 23.0. The molecule has 0 aromatic heterocycles. The lowest BCUT2D eigenvalue weighted by molar-refractivity contribution is -0.136. The van der Waals surface area contributed by atoms with E-state index in [4.69, 9.17) is 4.74 Å². The second kappa shape index (κ2) is 10.5. The number of carbonyl (C=O) groups excluding carboxylic acids is 4. The second-order valence-corrected chi connectivity index (χ2v) is 8.63. The van der Waals surface area contributed by atoms with Gasteiger partial charge in [-0.25, -0.2) is 4.79 Å². The van der Waals surface area contributed by atoms with Crippen LogP contribution >= 0.6 is 0 Å². The highest BCUT2D eigenvalue weighted by atomic mass is 16.6. The fourth-order valence-corrected chi connectivity index (χ4v) is 3.56. The summed E-state index contributed by atoms with van der Waals surface area (Å²) in [5.74, 6) is -0.242. The van der Waals surface area contributed by atoms with E-state index < -0.39 is 11.7 Å². The fourth-order valence-electron chi connectivity index (χ4n) is 3.56. The summed E-state index contributed by atoms with van der Waals surface area (Å²) in [6.07, 6.45) is 2.74. The molecule has 1 unspecified atom stereocenters. The molecule has 2 saturated heterocycles. The topological polar surface area (TPSA) is 108 Å². The Morgan fingerprint density at radius 2 is 1.83 bits per heavy atom. The van der Waals surface area contributed by atoms with Crippen LogP contribution in [-0.4, -0.2) is 78.5 Å². The van der Waals surface area contributed by atoms with Crippen molar-refractivity contribution in [1.29, 1.82) is 0 Å². The van der Waals surface area contributed by atoms with Crippen LogP contribution in [0.2, 0.25) is 0 Å². The zero-order valence-electron chi connectivity index (χ0n) is 17.8. The summed E-state index contributed by atoms with van der Waals surface area (Å²) >= 11 is 0. The van der Waals surface area contributed by atoms with Gasteiger partial charge >= 0.3 is 6.09 Å². The minimum atomic E-state index is -0.562. The summed E-state index contributed by atoms with van der Waals surface area (Å²) in [5, 5.41) is 5.41. The van der Waals surface area contributed by atoms with Gasteiger partial charge in [0.25, 0.3) is 0 Å². The fraction of sp³-hybridized carbons (Fsp3) is 0.800. The van der Waals surface area contributed by atoms with Crippen molar-refractivity contribution in [1.82, 2.24) is 20.4 Å². The van der Waals surface area contributed by atoms with Gasteiger partial charge in [0.2, 0.25) is 17.7 Å². The Morgan fingerprint density at radius 1 is 1.10 bits per heavy atom. The van der Waals surface area contributed by atoms with Gasteiger partial charge in [-0.1, -0.05) is 0 Å². The molecule has 0 aliphatic carbocycles. The molecule has 0 aromatic rings. The van der Waals surface area contributed by atoms with Gasteiger partial charge in [-0.3, -0.25) is 14.4 Å². The van der Waals surface area contributed by atoms with Crippen LogP contribution in [0.4, 0.5) is 4.79 Å². The Hall–Kier alpha value is -2.32. The molecule has 2 fully saturated rings. The Kier molecular flexibility index (Phi) is 8.28. The number of nitrogens with zero attached hydrogens (tertiary/aromatic N) is 2. The Bertz CT molecular complexity index is 616. The predicted molar refractivity (Wildman–Crippen MR) is 107 cm³/mol. The zero-order valence-corrected chi connectivity index (χ0v) is 17.8. The molecular formula is C20H34N4O5. The number of likely N-dealkylation sites (tertiary alicyclic amines) is 2. The highest BCUT2D eigenvalue weighted by Gasteiger charge is 2.29. The van der Waals surface area contributed by atoms with Crippen LogP contribution in [-0.2, 0) is 19.1 Å². The lowest BCUT2D eigenvalue weighted by Gasteiger charge is -2.32. The molecule has 0 bridgehead atoms. The molecule has 2 aliphatic heterocycles. The molecule has 2 heterocycles. The third kappa shape index (κ3) is 7.91. The minimum Gasteiger partial charge on any atom is -0.444 e. The summed E-state index contributed by atoms with van der Waals surface area (Å²) in [6, 6.07) is 0. The van der Waals surface area contributed by atoms with Crippen molar-refractivity contribution in [2.24, 2.45) is 5.92 Å². The normalized spacial score (nSPS) is 19.8. The summed E-state index contributed by atoms with van der Waals surface area (Å²) in [4.78, 5) is 51.6. The molecule has 1 atom stereocenters. The number of nitrogens with one attached hydrogen (secondary N) is 2. The summed E-state index contributed by atoms with van der Waals surface area (Å²) in [5.41, 5.74) is -0.562. The van der Waals surface area contributed by atoms with Gasteiger partial charge in [0.1, 0.15) is 5.60 Å². The van der Waals surface area contributed by atoms with E-state index in [0.29, 0.717) is 39.0 Å². The van der Waals surface area contributed by atoms with Crippen molar-refractivity contribution in [2.45, 2.75) is 58.5 Å². The van der Waals surface area contributed by atoms with Gasteiger partial charge in [-0.15, -0.1) is 0 Å². The van der Waals surface area contributed by atoms with Crippen LogP contribution < -0.4 is 10.6 Å². The van der Waals surface area contributed by atoms with Gasteiger partial charge in [0.05, 0.1) is 5.92 Å². The van der Waals surface area contributed by atoms with E-state index in [1.54, 1.807) is 30.6 Å². The maximum Gasteiger partial charge on any atom is 0.407 e. The average Bonchev–Trinajstić information content (AvgIpc) is 3.06. The number of ether oxygens (including phenoxy) is 1. The van der Waals surface area contributed by atoms with Gasteiger partial charge in [-0.2, -0.15) is 0 Å². The van der Waals surface area contributed by atoms with Gasteiger partial charge in [0.15, 0.2) is 0 Å². The Labute approximate surface area is 172 Å². The van der Waals surface area contributed by atoms with E-state index in [2.05, 4.69) is 10.6 Å². The lowest BCUT2D eigenvalue weighted by Crippen LogP contribution is -2.47. The van der Waals surface area contributed by atoms with Crippen molar-refractivity contribution >= 4 is 23.8 Å². The minimum absolute atomic E-state index is 0.00575. The van der Waals surface area contributed by atoms with Crippen LogP contribution in [0.5, 0.6) is 0 Å². The number of carbonyl (C=O) groups is 4. The molecule has 0 radical (unpaired) electrons. The third-order valence-electron chi connectivity index (χ3n) is 5.00. The molecule has 0 spiro atoms. The number of hydrogen-bond donors (Lipinski definition) is 2. The summed E-state index contributed by atoms with van der Waals surface area (Å²) < 4.78 is 5.14. The molecule has 9 nitrogen and oxygen atoms in total. The predicted octanol–water partition coefficient (Wildman–Crippen LogP) is 0.878. The third-order valence-corrected chi connectivity index (χ3v) is 5.00. The number of alkyl carbamates (subject to hydrolysis) is 1. The van der Waals surface area contributed by atoms with E-state index in [9.17, 15) is 19.2 Å². The highest BCUT2D eigenvalue weighted by molar-refractivity contribution is 5.82. The van der Waals surface area contributed by atoms with Gasteiger partial charge < -0.3 is 25.2 Å². The molecule has 2 N–H and O–H groups in total. The molecule has 164 valence electrons. The van der Waals surface area contributed by atoms with E-state index >= 15 is 0 Å². The molecule has 2 aliphatic rings. The largest absolute Gasteiger partial charge is 0.444 e. The molecule has 0 saturated carbocycles. The van der Waals surface area contributed by atoms with Crippen LogP contribution in [0.1, 0.15) is 52.9 Å². The van der Waals surface area contributed by atoms with Crippen molar-refractivity contribution in [3.05, 3.63) is 0 Å². The maximum atomic E-state index is 12.5. The number of piperidine rings is 1. The van der Waals surface area contributed by atoms with E-state index in [-0.39, 0.29) is 30.2 Å². The molecule has 4 amide bonds. The summed E-state index contributed by atoms with van der Waals surface area (Å²) in [6.45, 7) is 8.18. The number of hydrogen-bond acceptors (Lipinski definition) is 5. The van der Waals surface area contributed by atoms with Crippen molar-refractivity contribution in [3.63, 3.8) is 0 Å². The quantitative estimate of drug-likeness (QED) is 0.606. The molecule has 2 rings (SSSR count). The molecule has 29 heavy (non-hydrogen) atoms. The number of amides is 4. The van der Waals surface area contributed by atoms with Crippen molar-refractivity contribution in [3.8, 4) is 0 Å². The Morgan fingerprint density at radius 3 is 2.48 bits per heavy atom. The molecule has 0 aromatic carbocycles. The monoisotopic (exact) mass is 410 g/mol. The lowest BCUT2D eigenvalue weighted by atomic mass is 9.97. The smallest absolute Gasteiger partial charge is 0.407 e. The maximum absolute atomic E-state index is 12.5. The van der Waals surface area contributed by atoms with Gasteiger partial charge in [-0.05, 0) is 40.0 Å². The number of rotatable bonds is 7. The first-order valence-electron chi connectivity index (χ1n) is 10.5. The highest BCUT2D eigenvalue weighted by Crippen LogP contribution is 2.18. The van der Waals surface area contributed by atoms with Gasteiger partial charge in [0, 0.05) is 52.1 Å². The zero-order chi connectivity index (χ0) is 21.4. The van der Waals surface area contributed by atoms with Crippen molar-refractivity contribution < 1.29 is 23.9 Å². The Balaban J connectivity index is 1.66. The van der Waals surface area contributed by atoms with Crippen molar-refractivity contribution in [2.75, 3.05) is 39.3 Å². The average molecular weight is 411 g/mol. The first-order chi connectivity index (χ1) is 13.7. The van der Waals surface area contributed by atoms with E-state index in [1.165, 1.54) is 0 Å². The van der Waals surface area contributed by atoms with E-state index in [0.717, 1.165) is 25.8 Å². The van der Waals surface area contributed by atoms with Crippen LogP contribution in [0, 0.1) is 5.92 Å². The summed E-state index contributed by atoms with van der Waals surface area (Å²) in [7, 11) is 0. The molecule has 9 heteroatoms. The van der Waals surface area contributed by atoms with Crippen LogP contribution in [0.25, 0.3) is 0 Å². The standard InChI is InChI=1S/C20H34N4O5/c1-20(2,3)29-19(28)22-10-9-21-18(27)15-6-4-12-24(14-15)17(26)8-13-23-11-5-7-16(23)25/h15H,4-14H2,1-3H3,(H,21,27)(H,22,28). The molecular weight excluding hydrogens is 376 g/mol. The second-order valence-electron chi connectivity index (χ2n) is 8.63.